The number of carboxylic acid groups (broad SMARTS) is 1. The van der Waals surface area contributed by atoms with Gasteiger partial charge in [0.15, 0.2) is 0 Å². The molecule has 0 spiro atoms. The van der Waals surface area contributed by atoms with Gasteiger partial charge in [-0.2, -0.15) is 0 Å². The number of thiophene rings is 1. The predicted molar refractivity (Wildman–Crippen MR) is 70.2 cm³/mol. The quantitative estimate of drug-likeness (QED) is 0.895. The molecular weight excluding hydrogens is 236 g/mol. The molecule has 1 aromatic heterocycles. The van der Waals surface area contributed by atoms with E-state index in [0.717, 1.165) is 31.1 Å². The summed E-state index contributed by atoms with van der Waals surface area (Å²) in [4.78, 5) is 16.0. The van der Waals surface area contributed by atoms with Gasteiger partial charge >= 0.3 is 5.97 Å². The number of hydrogen-bond donors (Lipinski definition) is 1. The summed E-state index contributed by atoms with van der Waals surface area (Å²) in [6, 6.07) is 4.19. The van der Waals surface area contributed by atoms with E-state index < -0.39 is 5.97 Å². The first-order valence-corrected chi connectivity index (χ1v) is 6.71. The Balaban J connectivity index is 2.09. The van der Waals surface area contributed by atoms with Crippen LogP contribution in [0.4, 0.5) is 5.00 Å². The summed E-state index contributed by atoms with van der Waals surface area (Å²) >= 11 is 1.37. The van der Waals surface area contributed by atoms with E-state index in [1.165, 1.54) is 11.3 Å². The molecule has 1 fully saturated rings. The lowest BCUT2D eigenvalue weighted by molar-refractivity contribution is 0.0702. The second kappa shape index (κ2) is 5.06. The summed E-state index contributed by atoms with van der Waals surface area (Å²) in [5.74, 6) is -0.831. The van der Waals surface area contributed by atoms with Crippen molar-refractivity contribution in [3.63, 3.8) is 0 Å². The van der Waals surface area contributed by atoms with Crippen LogP contribution in [0.5, 0.6) is 0 Å². The summed E-state index contributed by atoms with van der Waals surface area (Å²) in [5, 5.41) is 10.00. The molecule has 1 aliphatic heterocycles. The van der Waals surface area contributed by atoms with Gasteiger partial charge in [0.1, 0.15) is 4.88 Å². The Kier molecular flexibility index (Phi) is 3.69. The third-order valence-corrected chi connectivity index (χ3v) is 4.50. The lowest BCUT2D eigenvalue weighted by Gasteiger charge is -2.39. The Labute approximate surface area is 105 Å². The molecule has 5 heteroatoms. The molecule has 2 rings (SSSR count). The number of rotatable bonds is 3. The van der Waals surface area contributed by atoms with Crippen LogP contribution in [0.25, 0.3) is 0 Å². The molecule has 1 saturated heterocycles. The van der Waals surface area contributed by atoms with Gasteiger partial charge in [0.2, 0.25) is 0 Å². The second-order valence-corrected chi connectivity index (χ2v) is 5.49. The molecule has 0 amide bonds. The minimum absolute atomic E-state index is 0.423. The van der Waals surface area contributed by atoms with Crippen molar-refractivity contribution in [2.24, 2.45) is 0 Å². The summed E-state index contributed by atoms with van der Waals surface area (Å²) < 4.78 is 0. The predicted octanol–water partition coefficient (Wildman–Crippen LogP) is 1.98. The number of likely N-dealkylation sites (N-methyl/N-ethyl adjacent to an activating group) is 1. The Bertz CT molecular complexity index is 405. The van der Waals surface area contributed by atoms with E-state index >= 15 is 0 Å². The molecular formula is C12H18N2O2S. The number of anilines is 1. The lowest BCUT2D eigenvalue weighted by Crippen LogP contribution is -2.51. The number of carbonyl (C=O) groups is 1. The van der Waals surface area contributed by atoms with Crippen LogP contribution in [0.2, 0.25) is 0 Å². The summed E-state index contributed by atoms with van der Waals surface area (Å²) in [6.07, 6.45) is 1.13. The highest BCUT2D eigenvalue weighted by Crippen LogP contribution is 2.28. The van der Waals surface area contributed by atoms with Gasteiger partial charge in [-0.25, -0.2) is 4.79 Å². The third-order valence-electron chi connectivity index (χ3n) is 3.36. The smallest absolute Gasteiger partial charge is 0.345 e. The maximum absolute atomic E-state index is 10.9. The van der Waals surface area contributed by atoms with Crippen molar-refractivity contribution >= 4 is 22.3 Å². The minimum atomic E-state index is -0.831. The molecule has 1 N–H and O–H groups in total. The van der Waals surface area contributed by atoms with Crippen molar-refractivity contribution < 1.29 is 9.90 Å². The fourth-order valence-corrected chi connectivity index (χ4v) is 3.08. The number of aromatic carboxylic acids is 1. The van der Waals surface area contributed by atoms with Gasteiger partial charge in [0, 0.05) is 25.7 Å². The Morgan fingerprint density at radius 3 is 2.88 bits per heavy atom. The topological polar surface area (TPSA) is 43.8 Å². The first-order valence-electron chi connectivity index (χ1n) is 5.90. The molecule has 17 heavy (non-hydrogen) atoms. The van der Waals surface area contributed by atoms with Crippen LogP contribution in [-0.2, 0) is 0 Å². The standard InChI is InChI=1S/C12H18N2O2S/c1-3-9-8-14(7-6-13(9)2)11-5-4-10(17-11)12(15)16/h4-5,9H,3,6-8H2,1-2H3,(H,15,16). The molecule has 94 valence electrons. The highest BCUT2D eigenvalue weighted by atomic mass is 32.1. The number of nitrogens with zero attached hydrogens (tertiary/aromatic N) is 2. The van der Waals surface area contributed by atoms with Gasteiger partial charge in [0.05, 0.1) is 5.00 Å². The zero-order valence-corrected chi connectivity index (χ0v) is 11.0. The van der Waals surface area contributed by atoms with Crippen LogP contribution in [0.15, 0.2) is 12.1 Å². The number of hydrogen-bond acceptors (Lipinski definition) is 4. The average molecular weight is 254 g/mol. The molecule has 0 aliphatic carbocycles. The van der Waals surface area contributed by atoms with Crippen LogP contribution < -0.4 is 4.90 Å². The lowest BCUT2D eigenvalue weighted by atomic mass is 10.1. The maximum atomic E-state index is 10.9. The van der Waals surface area contributed by atoms with Gasteiger partial charge < -0.3 is 10.0 Å². The largest absolute Gasteiger partial charge is 0.477 e. The molecule has 1 atom stereocenters. The van der Waals surface area contributed by atoms with Crippen molar-refractivity contribution in [1.29, 1.82) is 0 Å². The van der Waals surface area contributed by atoms with Crippen LogP contribution in [0.3, 0.4) is 0 Å². The zero-order valence-electron chi connectivity index (χ0n) is 10.2. The van der Waals surface area contributed by atoms with E-state index in [2.05, 4.69) is 23.8 Å². The van der Waals surface area contributed by atoms with Crippen LogP contribution in [0.1, 0.15) is 23.0 Å². The third kappa shape index (κ3) is 2.61. The van der Waals surface area contributed by atoms with Gasteiger partial charge in [-0.05, 0) is 25.6 Å². The molecule has 0 aromatic carbocycles. The van der Waals surface area contributed by atoms with Gasteiger partial charge in [0.25, 0.3) is 0 Å². The van der Waals surface area contributed by atoms with Crippen molar-refractivity contribution in [1.82, 2.24) is 4.90 Å². The highest BCUT2D eigenvalue weighted by Gasteiger charge is 2.24. The van der Waals surface area contributed by atoms with Crippen LogP contribution in [0, 0.1) is 0 Å². The van der Waals surface area contributed by atoms with E-state index in [-0.39, 0.29) is 0 Å². The SMILES string of the molecule is CCC1CN(c2ccc(C(=O)O)s2)CCN1C. The van der Waals surface area contributed by atoms with E-state index in [1.807, 2.05) is 6.07 Å². The molecule has 1 unspecified atom stereocenters. The second-order valence-electron chi connectivity index (χ2n) is 4.43. The van der Waals surface area contributed by atoms with Crippen molar-refractivity contribution in [2.75, 3.05) is 31.6 Å². The zero-order chi connectivity index (χ0) is 12.4. The van der Waals surface area contributed by atoms with Gasteiger partial charge in [-0.3, -0.25) is 4.90 Å². The molecule has 1 aromatic rings. The number of carboxylic acids is 1. The maximum Gasteiger partial charge on any atom is 0.345 e. The van der Waals surface area contributed by atoms with E-state index in [9.17, 15) is 4.79 Å². The fraction of sp³-hybridized carbons (Fsp3) is 0.583. The van der Waals surface area contributed by atoms with Crippen molar-refractivity contribution in [2.45, 2.75) is 19.4 Å². The molecule has 0 radical (unpaired) electrons. The highest BCUT2D eigenvalue weighted by molar-refractivity contribution is 7.17. The Hall–Kier alpha value is -1.07. The van der Waals surface area contributed by atoms with Crippen molar-refractivity contribution in [3.05, 3.63) is 17.0 Å². The summed E-state index contributed by atoms with van der Waals surface area (Å²) in [5.41, 5.74) is 0. The Morgan fingerprint density at radius 1 is 1.53 bits per heavy atom. The monoisotopic (exact) mass is 254 g/mol. The van der Waals surface area contributed by atoms with E-state index in [0.29, 0.717) is 10.9 Å². The molecule has 4 nitrogen and oxygen atoms in total. The fourth-order valence-electron chi connectivity index (χ4n) is 2.20. The van der Waals surface area contributed by atoms with E-state index in [4.69, 9.17) is 5.11 Å². The van der Waals surface area contributed by atoms with Crippen LogP contribution >= 0.6 is 11.3 Å². The first kappa shape index (κ1) is 12.4. The first-order chi connectivity index (χ1) is 8.11. The molecule has 0 saturated carbocycles. The Morgan fingerprint density at radius 2 is 2.29 bits per heavy atom. The molecule has 1 aliphatic rings. The number of piperazine rings is 1. The van der Waals surface area contributed by atoms with Gasteiger partial charge in [-0.15, -0.1) is 11.3 Å². The summed E-state index contributed by atoms with van der Waals surface area (Å²) in [6.45, 7) is 5.21. The molecule has 0 bridgehead atoms. The molecule has 2 heterocycles. The van der Waals surface area contributed by atoms with Crippen LogP contribution in [-0.4, -0.2) is 48.7 Å². The van der Waals surface area contributed by atoms with Gasteiger partial charge in [-0.1, -0.05) is 6.92 Å². The summed E-state index contributed by atoms with van der Waals surface area (Å²) in [7, 11) is 2.16. The average Bonchev–Trinajstić information content (AvgIpc) is 2.79. The normalized spacial score (nSPS) is 21.8. The minimum Gasteiger partial charge on any atom is -0.477 e. The van der Waals surface area contributed by atoms with Crippen molar-refractivity contribution in [3.8, 4) is 0 Å². The van der Waals surface area contributed by atoms with E-state index in [1.54, 1.807) is 6.07 Å².